The summed E-state index contributed by atoms with van der Waals surface area (Å²) in [5, 5.41) is 22.1. The van der Waals surface area contributed by atoms with Gasteiger partial charge in [-0.25, -0.2) is 0 Å². The van der Waals surface area contributed by atoms with Gasteiger partial charge in [0, 0.05) is 23.3 Å². The van der Waals surface area contributed by atoms with Crippen molar-refractivity contribution in [3.05, 3.63) is 33.4 Å². The van der Waals surface area contributed by atoms with Gasteiger partial charge in [0.2, 0.25) is 0 Å². The lowest BCUT2D eigenvalue weighted by molar-refractivity contribution is -0.385. The molecule has 4 saturated carbocycles. The first kappa shape index (κ1) is 17.9. The third-order valence-electron chi connectivity index (χ3n) is 6.80. The van der Waals surface area contributed by atoms with Crippen LogP contribution in [0.25, 0.3) is 0 Å². The van der Waals surface area contributed by atoms with Gasteiger partial charge in [0.25, 0.3) is 5.69 Å². The Morgan fingerprint density at radius 3 is 2.71 bits per heavy atom. The summed E-state index contributed by atoms with van der Waals surface area (Å²) < 4.78 is 16.4. The van der Waals surface area contributed by atoms with Crippen molar-refractivity contribution in [2.45, 2.75) is 57.3 Å². The second-order valence-corrected chi connectivity index (χ2v) is 9.00. The lowest BCUT2D eigenvalue weighted by Crippen LogP contribution is -2.58. The summed E-state index contributed by atoms with van der Waals surface area (Å²) in [6.07, 6.45) is 4.65. The molecule has 1 heterocycles. The van der Waals surface area contributed by atoms with E-state index >= 15 is 0 Å². The summed E-state index contributed by atoms with van der Waals surface area (Å²) in [7, 11) is 0. The second-order valence-electron chi connectivity index (χ2n) is 9.00. The highest BCUT2D eigenvalue weighted by Crippen LogP contribution is 2.62. The van der Waals surface area contributed by atoms with Crippen LogP contribution in [-0.2, 0) is 27.5 Å². The highest BCUT2D eigenvalue weighted by atomic mass is 16.7. The number of rotatable bonds is 4. The molecule has 150 valence electrons. The number of non-ortho nitro benzene ring substituents is 1. The topological polar surface area (TPSA) is 108 Å². The van der Waals surface area contributed by atoms with Crippen LogP contribution in [0.4, 0.5) is 5.69 Å². The average Bonchev–Trinajstić information content (AvgIpc) is 2.63. The molecule has 0 saturated heterocycles. The number of fused-ring (bicyclic) bond motifs is 1. The van der Waals surface area contributed by atoms with Crippen LogP contribution in [0.2, 0.25) is 0 Å². The lowest BCUT2D eigenvalue weighted by atomic mass is 9.48. The van der Waals surface area contributed by atoms with Crippen LogP contribution in [0.3, 0.4) is 0 Å². The Morgan fingerprint density at radius 1 is 1.29 bits per heavy atom. The fourth-order valence-corrected chi connectivity index (χ4v) is 6.24. The zero-order valence-corrected chi connectivity index (χ0v) is 15.5. The van der Waals surface area contributed by atoms with Crippen LogP contribution in [0.1, 0.15) is 49.7 Å². The molecule has 8 nitrogen and oxygen atoms in total. The molecule has 4 atom stereocenters. The maximum atomic E-state index is 13.1. The summed E-state index contributed by atoms with van der Waals surface area (Å²) in [5.41, 5.74) is -0.388. The van der Waals surface area contributed by atoms with E-state index in [0.717, 1.165) is 32.1 Å². The summed E-state index contributed by atoms with van der Waals surface area (Å²) in [5.74, 6) is 0.954. The van der Waals surface area contributed by atoms with Gasteiger partial charge < -0.3 is 19.3 Å². The molecule has 0 spiro atoms. The van der Waals surface area contributed by atoms with Gasteiger partial charge in [0.05, 0.1) is 22.5 Å². The van der Waals surface area contributed by atoms with Gasteiger partial charge in [-0.05, 0) is 50.4 Å². The van der Waals surface area contributed by atoms with Crippen molar-refractivity contribution in [3.8, 4) is 5.75 Å². The minimum atomic E-state index is -0.742. The molecule has 4 aliphatic carbocycles. The average molecular weight is 389 g/mol. The van der Waals surface area contributed by atoms with Gasteiger partial charge in [-0.15, -0.1) is 0 Å². The second kappa shape index (κ2) is 6.15. The van der Waals surface area contributed by atoms with Crippen molar-refractivity contribution in [2.24, 2.45) is 17.3 Å². The van der Waals surface area contributed by atoms with E-state index in [1.165, 1.54) is 12.1 Å². The highest BCUT2D eigenvalue weighted by molar-refractivity contribution is 5.78. The van der Waals surface area contributed by atoms with Crippen molar-refractivity contribution in [2.75, 3.05) is 6.79 Å². The largest absolute Gasteiger partial charge is 0.467 e. The number of nitro benzene ring substituents is 1. The SMILES string of the molecule is O=C(OCc1cc([N+](=O)[O-])cc2c1OCOC2)C12C[C@@H]3C[C@@H](CC(O)(C3)C1)C2. The van der Waals surface area contributed by atoms with Crippen LogP contribution in [-0.4, -0.2) is 28.4 Å². The quantitative estimate of drug-likeness (QED) is 0.479. The molecule has 0 radical (unpaired) electrons. The Balaban J connectivity index is 1.37. The molecule has 6 rings (SSSR count). The number of ether oxygens (including phenoxy) is 3. The van der Waals surface area contributed by atoms with Crippen molar-refractivity contribution < 1.29 is 29.0 Å². The van der Waals surface area contributed by atoms with Gasteiger partial charge in [0.1, 0.15) is 12.4 Å². The predicted molar refractivity (Wildman–Crippen MR) is 95.2 cm³/mol. The van der Waals surface area contributed by atoms with Crippen LogP contribution in [0.15, 0.2) is 12.1 Å². The van der Waals surface area contributed by atoms with Crippen molar-refractivity contribution in [1.82, 2.24) is 0 Å². The van der Waals surface area contributed by atoms with E-state index in [4.69, 9.17) is 14.2 Å². The van der Waals surface area contributed by atoms with Crippen molar-refractivity contribution >= 4 is 11.7 Å². The highest BCUT2D eigenvalue weighted by Gasteiger charge is 2.60. The van der Waals surface area contributed by atoms with Crippen molar-refractivity contribution in [1.29, 1.82) is 0 Å². The molecule has 4 bridgehead atoms. The van der Waals surface area contributed by atoms with E-state index in [9.17, 15) is 20.0 Å². The molecule has 28 heavy (non-hydrogen) atoms. The Labute approximate surface area is 161 Å². The van der Waals surface area contributed by atoms with Gasteiger partial charge in [-0.2, -0.15) is 0 Å². The minimum absolute atomic E-state index is 0.0616. The fourth-order valence-electron chi connectivity index (χ4n) is 6.24. The number of hydrogen-bond donors (Lipinski definition) is 1. The maximum absolute atomic E-state index is 13.1. The number of nitrogens with zero attached hydrogens (tertiary/aromatic N) is 1. The molecule has 0 aromatic heterocycles. The Hall–Kier alpha value is -2.19. The fraction of sp³-hybridized carbons (Fsp3) is 0.650. The first-order valence-electron chi connectivity index (χ1n) is 9.76. The normalized spacial score (nSPS) is 35.2. The molecule has 1 aromatic rings. The van der Waals surface area contributed by atoms with E-state index in [0.29, 0.717) is 35.1 Å². The predicted octanol–water partition coefficient (Wildman–Crippen LogP) is 2.84. The standard InChI is InChI=1S/C20H23NO7/c22-18(19-4-12-1-13(5-19)7-20(23,6-12)10-19)27-9-15-3-16(21(24)25)2-14-8-26-11-28-17(14)15/h2-3,12-13,23H,1,4-11H2/t12-,13+,19?,20?. The van der Waals surface area contributed by atoms with Gasteiger partial charge in [0.15, 0.2) is 6.79 Å². The number of nitro groups is 1. The van der Waals surface area contributed by atoms with E-state index in [2.05, 4.69) is 0 Å². The molecular formula is C20H23NO7. The van der Waals surface area contributed by atoms with E-state index in [1.807, 2.05) is 0 Å². The summed E-state index contributed by atoms with van der Waals surface area (Å²) in [6.45, 7) is 0.197. The Bertz CT molecular complexity index is 837. The Morgan fingerprint density at radius 2 is 2.04 bits per heavy atom. The van der Waals surface area contributed by atoms with Crippen LogP contribution < -0.4 is 4.74 Å². The minimum Gasteiger partial charge on any atom is -0.467 e. The molecule has 8 heteroatoms. The van der Waals surface area contributed by atoms with E-state index < -0.39 is 15.9 Å². The summed E-state index contributed by atoms with van der Waals surface area (Å²) >= 11 is 0. The number of carbonyl (C=O) groups is 1. The van der Waals surface area contributed by atoms with Gasteiger partial charge >= 0.3 is 5.97 Å². The lowest BCUT2D eigenvalue weighted by Gasteiger charge is -2.58. The van der Waals surface area contributed by atoms with Crippen LogP contribution >= 0.6 is 0 Å². The molecule has 4 fully saturated rings. The maximum Gasteiger partial charge on any atom is 0.312 e. The van der Waals surface area contributed by atoms with Crippen LogP contribution in [0.5, 0.6) is 5.75 Å². The third-order valence-corrected chi connectivity index (χ3v) is 6.80. The first-order valence-corrected chi connectivity index (χ1v) is 9.76. The molecule has 2 unspecified atom stereocenters. The van der Waals surface area contributed by atoms with Crippen molar-refractivity contribution in [3.63, 3.8) is 0 Å². The Kier molecular flexibility index (Phi) is 3.93. The number of aliphatic hydroxyl groups is 1. The number of esters is 1. The number of benzene rings is 1. The monoisotopic (exact) mass is 389 g/mol. The van der Waals surface area contributed by atoms with Gasteiger partial charge in [-0.3, -0.25) is 14.9 Å². The molecule has 0 amide bonds. The van der Waals surface area contributed by atoms with E-state index in [-0.39, 0.29) is 31.7 Å². The molecule has 1 N–H and O–H groups in total. The van der Waals surface area contributed by atoms with Crippen LogP contribution in [0, 0.1) is 27.4 Å². The zero-order chi connectivity index (χ0) is 19.5. The number of hydrogen-bond acceptors (Lipinski definition) is 7. The molecule has 1 aromatic carbocycles. The third kappa shape index (κ3) is 2.86. The molecule has 1 aliphatic heterocycles. The smallest absolute Gasteiger partial charge is 0.312 e. The first-order chi connectivity index (χ1) is 13.4. The molecule has 5 aliphatic rings. The van der Waals surface area contributed by atoms with E-state index in [1.54, 1.807) is 0 Å². The summed E-state index contributed by atoms with van der Waals surface area (Å²) in [6, 6.07) is 2.82. The molecular weight excluding hydrogens is 366 g/mol. The zero-order valence-electron chi connectivity index (χ0n) is 15.5. The number of carbonyl (C=O) groups excluding carboxylic acids is 1. The summed E-state index contributed by atoms with van der Waals surface area (Å²) in [4.78, 5) is 23.8. The van der Waals surface area contributed by atoms with Gasteiger partial charge in [-0.1, -0.05) is 0 Å².